The van der Waals surface area contributed by atoms with Crippen molar-refractivity contribution in [3.05, 3.63) is 0 Å². The quantitative estimate of drug-likeness (QED) is 0.781. The van der Waals surface area contributed by atoms with Gasteiger partial charge < -0.3 is 14.8 Å². The van der Waals surface area contributed by atoms with Crippen molar-refractivity contribution in [1.82, 2.24) is 14.1 Å². The van der Waals surface area contributed by atoms with Crippen molar-refractivity contribution in [2.75, 3.05) is 26.3 Å². The molecule has 0 saturated heterocycles. The Morgan fingerprint density at radius 3 is 2.47 bits per heavy atom. The molecule has 0 saturated carbocycles. The second-order valence-corrected chi connectivity index (χ2v) is 5.83. The summed E-state index contributed by atoms with van der Waals surface area (Å²) in [6.45, 7) is 9.71. The summed E-state index contributed by atoms with van der Waals surface area (Å²) in [6.07, 6.45) is 0. The van der Waals surface area contributed by atoms with Gasteiger partial charge in [0.1, 0.15) is 6.61 Å². The predicted molar refractivity (Wildman–Crippen MR) is 73.9 cm³/mol. The third-order valence-electron chi connectivity index (χ3n) is 2.06. The van der Waals surface area contributed by atoms with E-state index >= 15 is 0 Å². The lowest BCUT2D eigenvalue weighted by Crippen LogP contribution is -2.33. The van der Waals surface area contributed by atoms with Crippen LogP contribution in [0.1, 0.15) is 27.7 Å². The molecule has 0 aliphatic rings. The Hall–Kier alpha value is -1.21. The number of nitrogens with one attached hydrogen (secondary N) is 1. The minimum atomic E-state index is -0.0281. The van der Waals surface area contributed by atoms with E-state index in [1.165, 1.54) is 0 Å². The molecule has 1 N–H and O–H groups in total. The van der Waals surface area contributed by atoms with Crippen LogP contribution in [0.3, 0.4) is 0 Å². The van der Waals surface area contributed by atoms with E-state index < -0.39 is 0 Å². The van der Waals surface area contributed by atoms with Crippen LogP contribution in [-0.4, -0.2) is 40.8 Å². The molecule has 0 fully saturated rings. The zero-order chi connectivity index (χ0) is 14.3. The molecule has 0 aliphatic carbocycles. The molecular formula is C12H21N3O3S. The molecule has 6 nitrogen and oxygen atoms in total. The zero-order valence-electron chi connectivity index (χ0n) is 11.9. The van der Waals surface area contributed by atoms with Gasteiger partial charge in [-0.05, 0) is 12.3 Å². The molecule has 0 bridgehead atoms. The van der Waals surface area contributed by atoms with E-state index in [1.807, 2.05) is 6.92 Å². The number of carbonyl (C=O) groups excluding carboxylic acids is 1. The van der Waals surface area contributed by atoms with Gasteiger partial charge in [0.2, 0.25) is 0 Å². The highest BCUT2D eigenvalue weighted by atomic mass is 32.1. The molecule has 7 heteroatoms. The van der Waals surface area contributed by atoms with Gasteiger partial charge in [0.05, 0.1) is 24.9 Å². The first kappa shape index (κ1) is 15.8. The minimum absolute atomic E-state index is 0.0252. The highest BCUT2D eigenvalue weighted by molar-refractivity contribution is 6.99. The molecule has 0 amide bonds. The number of ether oxygens (including phenoxy) is 2. The third kappa shape index (κ3) is 6.49. The second kappa shape index (κ2) is 7.40. The largest absolute Gasteiger partial charge is 0.473 e. The number of carbonyl (C=O) groups is 1. The molecule has 0 radical (unpaired) electrons. The molecule has 1 aromatic rings. The highest BCUT2D eigenvalue weighted by Gasteiger charge is 2.14. The van der Waals surface area contributed by atoms with Crippen molar-refractivity contribution < 1.29 is 14.3 Å². The molecule has 0 atom stereocenters. The number of ketones is 1. The van der Waals surface area contributed by atoms with Gasteiger partial charge in [0, 0.05) is 6.54 Å². The SMILES string of the molecule is CCOc1nsnc1OCC(=O)CNCC(C)(C)C. The van der Waals surface area contributed by atoms with Crippen molar-refractivity contribution in [3.8, 4) is 11.8 Å². The average molecular weight is 287 g/mol. The minimum Gasteiger partial charge on any atom is -0.473 e. The van der Waals surface area contributed by atoms with Crippen LogP contribution in [0.15, 0.2) is 0 Å². The fourth-order valence-electron chi connectivity index (χ4n) is 1.26. The molecular weight excluding hydrogens is 266 g/mol. The van der Waals surface area contributed by atoms with Crippen LogP contribution in [0.2, 0.25) is 0 Å². The summed E-state index contributed by atoms with van der Waals surface area (Å²) in [6, 6.07) is 0. The maximum absolute atomic E-state index is 11.6. The van der Waals surface area contributed by atoms with Gasteiger partial charge in [0.25, 0.3) is 11.8 Å². The second-order valence-electron chi connectivity index (χ2n) is 5.30. The molecule has 0 aliphatic heterocycles. The summed E-state index contributed by atoms with van der Waals surface area (Å²) in [4.78, 5) is 11.6. The van der Waals surface area contributed by atoms with Crippen molar-refractivity contribution >= 4 is 17.5 Å². The molecule has 0 spiro atoms. The first-order chi connectivity index (χ1) is 8.92. The lowest BCUT2D eigenvalue weighted by Gasteiger charge is -2.18. The summed E-state index contributed by atoms with van der Waals surface area (Å²) < 4.78 is 18.4. The highest BCUT2D eigenvalue weighted by Crippen LogP contribution is 2.23. The van der Waals surface area contributed by atoms with E-state index in [-0.39, 0.29) is 23.7 Å². The van der Waals surface area contributed by atoms with Crippen molar-refractivity contribution in [2.45, 2.75) is 27.7 Å². The van der Waals surface area contributed by atoms with Gasteiger partial charge >= 0.3 is 0 Å². The van der Waals surface area contributed by atoms with Crippen LogP contribution >= 0.6 is 11.7 Å². The zero-order valence-corrected chi connectivity index (χ0v) is 12.7. The molecule has 0 aromatic carbocycles. The Kier molecular flexibility index (Phi) is 6.17. The van der Waals surface area contributed by atoms with E-state index in [2.05, 4.69) is 34.8 Å². The molecule has 1 aromatic heterocycles. The van der Waals surface area contributed by atoms with E-state index in [0.717, 1.165) is 18.3 Å². The monoisotopic (exact) mass is 287 g/mol. The van der Waals surface area contributed by atoms with Crippen LogP contribution in [-0.2, 0) is 4.79 Å². The van der Waals surface area contributed by atoms with Gasteiger partial charge in [-0.15, -0.1) is 8.75 Å². The van der Waals surface area contributed by atoms with Crippen LogP contribution in [0.5, 0.6) is 11.8 Å². The third-order valence-corrected chi connectivity index (χ3v) is 2.55. The van der Waals surface area contributed by atoms with Crippen LogP contribution in [0, 0.1) is 5.41 Å². The van der Waals surface area contributed by atoms with Crippen LogP contribution < -0.4 is 14.8 Å². The van der Waals surface area contributed by atoms with E-state index in [9.17, 15) is 4.79 Å². The fourth-order valence-corrected chi connectivity index (χ4v) is 1.71. The lowest BCUT2D eigenvalue weighted by molar-refractivity contribution is -0.120. The van der Waals surface area contributed by atoms with E-state index in [4.69, 9.17) is 9.47 Å². The van der Waals surface area contributed by atoms with E-state index in [1.54, 1.807) is 0 Å². The maximum atomic E-state index is 11.6. The maximum Gasteiger partial charge on any atom is 0.291 e. The Balaban J connectivity index is 2.28. The first-order valence-electron chi connectivity index (χ1n) is 6.23. The molecule has 1 rings (SSSR count). The van der Waals surface area contributed by atoms with Crippen molar-refractivity contribution in [1.29, 1.82) is 0 Å². The summed E-state index contributed by atoms with van der Waals surface area (Å²) >= 11 is 1.00. The Labute approximate surface area is 117 Å². The van der Waals surface area contributed by atoms with Gasteiger partial charge in [-0.2, -0.15) is 0 Å². The predicted octanol–water partition coefficient (Wildman–Crippen LogP) is 1.52. The van der Waals surface area contributed by atoms with Gasteiger partial charge in [-0.25, -0.2) is 0 Å². The van der Waals surface area contributed by atoms with Gasteiger partial charge in [0.15, 0.2) is 5.78 Å². The number of Topliss-reactive ketones (excluding diaryl/α,β-unsaturated/α-hetero) is 1. The normalized spacial score (nSPS) is 11.4. The molecule has 19 heavy (non-hydrogen) atoms. The van der Waals surface area contributed by atoms with Gasteiger partial charge in [-0.3, -0.25) is 4.79 Å². The van der Waals surface area contributed by atoms with E-state index in [0.29, 0.717) is 19.0 Å². The summed E-state index contributed by atoms with van der Waals surface area (Å²) in [5.74, 6) is 0.610. The molecule has 0 unspecified atom stereocenters. The lowest BCUT2D eigenvalue weighted by atomic mass is 9.97. The van der Waals surface area contributed by atoms with Crippen LogP contribution in [0.4, 0.5) is 0 Å². The summed E-state index contributed by atoms with van der Waals surface area (Å²) in [5.41, 5.74) is 0.155. The van der Waals surface area contributed by atoms with Crippen molar-refractivity contribution in [3.63, 3.8) is 0 Å². The molecule has 1 heterocycles. The Morgan fingerprint density at radius 1 is 1.26 bits per heavy atom. The standard InChI is InChI=1S/C12H21N3O3S/c1-5-17-10-11(15-19-14-10)18-7-9(16)6-13-8-12(2,3)4/h13H,5-8H2,1-4H3. The van der Waals surface area contributed by atoms with Gasteiger partial charge in [-0.1, -0.05) is 20.8 Å². The number of rotatable bonds is 8. The number of hydrogen-bond acceptors (Lipinski definition) is 7. The summed E-state index contributed by atoms with van der Waals surface area (Å²) in [7, 11) is 0. The van der Waals surface area contributed by atoms with Crippen LogP contribution in [0.25, 0.3) is 0 Å². The number of nitrogens with zero attached hydrogens (tertiary/aromatic N) is 2. The fraction of sp³-hybridized carbons (Fsp3) is 0.750. The number of aromatic nitrogens is 2. The number of hydrogen-bond donors (Lipinski definition) is 1. The first-order valence-corrected chi connectivity index (χ1v) is 6.96. The van der Waals surface area contributed by atoms with Crippen molar-refractivity contribution in [2.24, 2.45) is 5.41 Å². The summed E-state index contributed by atoms with van der Waals surface area (Å²) in [5, 5.41) is 3.10. The Morgan fingerprint density at radius 2 is 1.89 bits per heavy atom. The average Bonchev–Trinajstić information content (AvgIpc) is 2.73. The topological polar surface area (TPSA) is 73.3 Å². The Bertz CT molecular complexity index is 401. The smallest absolute Gasteiger partial charge is 0.291 e. The molecule has 108 valence electrons.